The van der Waals surface area contributed by atoms with Crippen LogP contribution in [-0.4, -0.2) is 0 Å². The molecule has 2 rings (SSSR count). The van der Waals surface area contributed by atoms with Gasteiger partial charge in [0.15, 0.2) is 0 Å². The minimum Gasteiger partial charge on any atom is -0.143 e. The molecule has 0 saturated heterocycles. The molecule has 2 aromatic carbocycles. The monoisotopic (exact) mass is 173 g/mol. The van der Waals surface area contributed by atoms with Crippen LogP contribution in [0.15, 0.2) is 35.2 Å². The van der Waals surface area contributed by atoms with Gasteiger partial charge in [0.2, 0.25) is 0 Å². The Labute approximate surface area is 77.6 Å². The van der Waals surface area contributed by atoms with E-state index in [2.05, 4.69) is 36.9 Å². The van der Waals surface area contributed by atoms with Crippen LogP contribution in [0.1, 0.15) is 5.56 Å². The smallest absolute Gasteiger partial charge is 0.00818 e. The van der Waals surface area contributed by atoms with Crippen molar-refractivity contribution in [3.05, 3.63) is 42.0 Å². The summed E-state index contributed by atoms with van der Waals surface area (Å²) in [5, 5.41) is 2.36. The van der Waals surface area contributed by atoms with Gasteiger partial charge in [-0.1, -0.05) is 24.3 Å². The minimum absolute atomic E-state index is 1.01. The Balaban J connectivity index is 2.84. The van der Waals surface area contributed by atoms with Crippen LogP contribution in [0, 0.1) is 13.0 Å². The first-order chi connectivity index (χ1) is 5.77. The van der Waals surface area contributed by atoms with Crippen molar-refractivity contribution >= 4 is 23.4 Å². The fourth-order valence-electron chi connectivity index (χ4n) is 1.26. The normalized spacial score (nSPS) is 10.5. The molecule has 0 aliphatic carbocycles. The van der Waals surface area contributed by atoms with Crippen molar-refractivity contribution in [2.45, 2.75) is 11.8 Å². The zero-order valence-corrected chi connectivity index (χ0v) is 7.73. The Morgan fingerprint density at radius 3 is 2.83 bits per heavy atom. The lowest BCUT2D eigenvalue weighted by Crippen LogP contribution is -1.78. The second-order valence-electron chi connectivity index (χ2n) is 2.87. The standard InChI is InChI=1S/C11H9S/c1-8-6-9-4-2-3-5-10(9)7-11(8)12/h2-5,7,12H,1H3. The molecule has 0 aliphatic rings. The second-order valence-corrected chi connectivity index (χ2v) is 3.35. The van der Waals surface area contributed by atoms with Crippen molar-refractivity contribution < 1.29 is 0 Å². The molecule has 59 valence electrons. The molecule has 0 aromatic heterocycles. The zero-order valence-electron chi connectivity index (χ0n) is 6.83. The maximum absolute atomic E-state index is 4.34. The van der Waals surface area contributed by atoms with E-state index in [1.807, 2.05) is 19.1 Å². The van der Waals surface area contributed by atoms with Gasteiger partial charge in [0.1, 0.15) is 0 Å². The quantitative estimate of drug-likeness (QED) is 0.581. The fourth-order valence-corrected chi connectivity index (χ4v) is 1.45. The van der Waals surface area contributed by atoms with E-state index in [9.17, 15) is 0 Å². The van der Waals surface area contributed by atoms with Crippen LogP contribution < -0.4 is 0 Å². The predicted octanol–water partition coefficient (Wildman–Crippen LogP) is 3.24. The van der Waals surface area contributed by atoms with Gasteiger partial charge in [-0.25, -0.2) is 0 Å². The molecule has 12 heavy (non-hydrogen) atoms. The van der Waals surface area contributed by atoms with Gasteiger partial charge < -0.3 is 0 Å². The van der Waals surface area contributed by atoms with Crippen LogP contribution in [0.25, 0.3) is 10.8 Å². The van der Waals surface area contributed by atoms with E-state index in [-0.39, 0.29) is 0 Å². The Morgan fingerprint density at radius 2 is 2.00 bits per heavy atom. The number of hydrogen-bond acceptors (Lipinski definition) is 1. The molecular weight excluding hydrogens is 164 g/mol. The van der Waals surface area contributed by atoms with Gasteiger partial charge in [0, 0.05) is 4.90 Å². The summed E-state index contributed by atoms with van der Waals surface area (Å²) in [6.07, 6.45) is 0. The number of fused-ring (bicyclic) bond motifs is 1. The van der Waals surface area contributed by atoms with Crippen molar-refractivity contribution in [2.75, 3.05) is 0 Å². The third kappa shape index (κ3) is 1.21. The highest BCUT2D eigenvalue weighted by Gasteiger charge is 1.96. The summed E-state index contributed by atoms with van der Waals surface area (Å²) < 4.78 is 0. The summed E-state index contributed by atoms with van der Waals surface area (Å²) >= 11 is 4.34. The van der Waals surface area contributed by atoms with E-state index < -0.39 is 0 Å². The number of aryl methyl sites for hydroxylation is 1. The first-order valence-corrected chi connectivity index (χ1v) is 4.33. The molecule has 0 atom stereocenters. The molecule has 0 fully saturated rings. The summed E-state index contributed by atoms with van der Waals surface area (Å²) in [5.74, 6) is 0. The predicted molar refractivity (Wildman–Crippen MR) is 54.8 cm³/mol. The van der Waals surface area contributed by atoms with E-state index in [0.29, 0.717) is 0 Å². The molecular formula is C11H9S. The molecule has 0 N–H and O–H groups in total. The maximum Gasteiger partial charge on any atom is 0.00818 e. The molecule has 0 aliphatic heterocycles. The lowest BCUT2D eigenvalue weighted by atomic mass is 10.1. The van der Waals surface area contributed by atoms with Gasteiger partial charge in [-0.3, -0.25) is 0 Å². The van der Waals surface area contributed by atoms with Crippen LogP contribution >= 0.6 is 12.6 Å². The summed E-state index contributed by atoms with van der Waals surface area (Å²) in [6.45, 7) is 2.02. The molecule has 0 amide bonds. The highest BCUT2D eigenvalue weighted by atomic mass is 32.1. The van der Waals surface area contributed by atoms with Gasteiger partial charge in [-0.15, -0.1) is 12.6 Å². The first-order valence-electron chi connectivity index (χ1n) is 3.88. The Kier molecular flexibility index (Phi) is 1.81. The molecule has 0 heterocycles. The molecule has 0 unspecified atom stereocenters. The van der Waals surface area contributed by atoms with E-state index in [1.165, 1.54) is 5.39 Å². The fraction of sp³-hybridized carbons (Fsp3) is 0.0909. The SMILES string of the molecule is Cc1[c]c2ccccc2cc1S. The molecule has 0 bridgehead atoms. The van der Waals surface area contributed by atoms with Gasteiger partial charge in [-0.2, -0.15) is 0 Å². The van der Waals surface area contributed by atoms with E-state index in [1.54, 1.807) is 0 Å². The van der Waals surface area contributed by atoms with E-state index in [4.69, 9.17) is 0 Å². The Hall–Kier alpha value is -0.950. The van der Waals surface area contributed by atoms with E-state index >= 15 is 0 Å². The lowest BCUT2D eigenvalue weighted by Gasteiger charge is -2.01. The van der Waals surface area contributed by atoms with Gasteiger partial charge in [0.25, 0.3) is 0 Å². The van der Waals surface area contributed by atoms with Crippen molar-refractivity contribution in [3.63, 3.8) is 0 Å². The molecule has 1 radical (unpaired) electrons. The van der Waals surface area contributed by atoms with Crippen LogP contribution in [-0.2, 0) is 0 Å². The third-order valence-corrected chi connectivity index (χ3v) is 2.42. The van der Waals surface area contributed by atoms with Gasteiger partial charge >= 0.3 is 0 Å². The Morgan fingerprint density at radius 1 is 1.25 bits per heavy atom. The molecule has 1 heteroatoms. The first kappa shape index (κ1) is 7.69. The molecule has 2 aromatic rings. The van der Waals surface area contributed by atoms with Gasteiger partial charge in [-0.05, 0) is 35.4 Å². The highest BCUT2D eigenvalue weighted by molar-refractivity contribution is 7.80. The van der Waals surface area contributed by atoms with Gasteiger partial charge in [0.05, 0.1) is 0 Å². The largest absolute Gasteiger partial charge is 0.143 e. The summed E-state index contributed by atoms with van der Waals surface area (Å²) in [6, 6.07) is 13.5. The molecule has 0 saturated carbocycles. The average Bonchev–Trinajstić information content (AvgIpc) is 2.07. The van der Waals surface area contributed by atoms with Crippen LogP contribution in [0.5, 0.6) is 0 Å². The summed E-state index contributed by atoms with van der Waals surface area (Å²) in [4.78, 5) is 1.01. The van der Waals surface area contributed by atoms with E-state index in [0.717, 1.165) is 15.8 Å². The summed E-state index contributed by atoms with van der Waals surface area (Å²) in [7, 11) is 0. The van der Waals surface area contributed by atoms with Crippen molar-refractivity contribution in [2.24, 2.45) is 0 Å². The second kappa shape index (κ2) is 2.83. The number of hydrogen-bond donors (Lipinski definition) is 1. The third-order valence-electron chi connectivity index (χ3n) is 1.96. The Bertz CT molecular complexity index is 378. The van der Waals surface area contributed by atoms with Crippen LogP contribution in [0.4, 0.5) is 0 Å². The average molecular weight is 173 g/mol. The maximum atomic E-state index is 4.34. The van der Waals surface area contributed by atoms with Crippen molar-refractivity contribution in [1.82, 2.24) is 0 Å². The number of thiol groups is 1. The lowest BCUT2D eigenvalue weighted by molar-refractivity contribution is 1.33. The highest BCUT2D eigenvalue weighted by Crippen LogP contribution is 2.20. The zero-order chi connectivity index (χ0) is 8.55. The van der Waals surface area contributed by atoms with Crippen LogP contribution in [0.3, 0.4) is 0 Å². The molecule has 0 nitrogen and oxygen atoms in total. The topological polar surface area (TPSA) is 0 Å². The summed E-state index contributed by atoms with van der Waals surface area (Å²) in [5.41, 5.74) is 1.11. The number of benzene rings is 2. The van der Waals surface area contributed by atoms with Crippen LogP contribution in [0.2, 0.25) is 0 Å². The number of rotatable bonds is 0. The minimum atomic E-state index is 1.01. The molecule has 0 spiro atoms. The van der Waals surface area contributed by atoms with Crippen molar-refractivity contribution in [3.8, 4) is 0 Å². The van der Waals surface area contributed by atoms with Crippen molar-refractivity contribution in [1.29, 1.82) is 0 Å².